The fraction of sp³-hybridized carbons (Fsp3) is 0.400. The highest BCUT2D eigenvalue weighted by Crippen LogP contribution is 2.25. The SMILES string of the molecule is CC(c1cncs1)N(CCCN)Cc1ccccc1. The number of rotatable bonds is 7. The van der Waals surface area contributed by atoms with Crippen LogP contribution in [0.25, 0.3) is 0 Å². The van der Waals surface area contributed by atoms with Crippen LogP contribution in [0.2, 0.25) is 0 Å². The third-order valence-corrected chi connectivity index (χ3v) is 4.23. The average molecular weight is 275 g/mol. The first kappa shape index (κ1) is 14.2. The maximum absolute atomic E-state index is 5.65. The topological polar surface area (TPSA) is 42.2 Å². The number of nitrogens with zero attached hydrogens (tertiary/aromatic N) is 2. The van der Waals surface area contributed by atoms with E-state index >= 15 is 0 Å². The summed E-state index contributed by atoms with van der Waals surface area (Å²) in [4.78, 5) is 7.96. The molecule has 0 saturated heterocycles. The Bertz CT molecular complexity index is 456. The molecule has 2 N–H and O–H groups in total. The van der Waals surface area contributed by atoms with E-state index in [-0.39, 0.29) is 0 Å². The number of hydrogen-bond donors (Lipinski definition) is 1. The van der Waals surface area contributed by atoms with E-state index < -0.39 is 0 Å². The molecule has 0 aliphatic heterocycles. The van der Waals surface area contributed by atoms with Crippen LogP contribution in [0.15, 0.2) is 42.0 Å². The van der Waals surface area contributed by atoms with Crippen LogP contribution in [-0.2, 0) is 6.54 Å². The summed E-state index contributed by atoms with van der Waals surface area (Å²) in [6, 6.07) is 11.0. The number of nitrogens with two attached hydrogens (primary N) is 1. The molecule has 0 bridgehead atoms. The Morgan fingerprint density at radius 2 is 2.11 bits per heavy atom. The Morgan fingerprint density at radius 3 is 2.74 bits per heavy atom. The normalized spacial score (nSPS) is 12.8. The number of aromatic nitrogens is 1. The van der Waals surface area contributed by atoms with Crippen LogP contribution in [0, 0.1) is 0 Å². The highest BCUT2D eigenvalue weighted by atomic mass is 32.1. The molecule has 0 aliphatic rings. The summed E-state index contributed by atoms with van der Waals surface area (Å²) in [5.41, 5.74) is 8.89. The zero-order chi connectivity index (χ0) is 13.5. The summed E-state index contributed by atoms with van der Waals surface area (Å²) < 4.78 is 0. The zero-order valence-electron chi connectivity index (χ0n) is 11.3. The Hall–Kier alpha value is -1.23. The molecule has 19 heavy (non-hydrogen) atoms. The first-order chi connectivity index (χ1) is 9.31. The third kappa shape index (κ3) is 4.13. The van der Waals surface area contributed by atoms with Crippen LogP contribution in [0.4, 0.5) is 0 Å². The van der Waals surface area contributed by atoms with Gasteiger partial charge in [0.05, 0.1) is 5.51 Å². The van der Waals surface area contributed by atoms with Crippen molar-refractivity contribution in [2.45, 2.75) is 25.9 Å². The van der Waals surface area contributed by atoms with Gasteiger partial charge in [0.2, 0.25) is 0 Å². The second kappa shape index (κ2) is 7.38. The van der Waals surface area contributed by atoms with E-state index in [0.29, 0.717) is 6.04 Å². The van der Waals surface area contributed by atoms with Crippen LogP contribution >= 0.6 is 11.3 Å². The van der Waals surface area contributed by atoms with E-state index in [0.717, 1.165) is 26.1 Å². The molecule has 1 aromatic heterocycles. The lowest BCUT2D eigenvalue weighted by Crippen LogP contribution is -2.28. The van der Waals surface area contributed by atoms with Crippen LogP contribution in [-0.4, -0.2) is 23.0 Å². The van der Waals surface area contributed by atoms with Gasteiger partial charge in [0.25, 0.3) is 0 Å². The molecule has 4 heteroatoms. The summed E-state index contributed by atoms with van der Waals surface area (Å²) in [6.07, 6.45) is 2.99. The predicted octanol–water partition coefficient (Wildman–Crippen LogP) is 3.06. The minimum Gasteiger partial charge on any atom is -0.330 e. The van der Waals surface area contributed by atoms with Crippen molar-refractivity contribution in [3.8, 4) is 0 Å². The van der Waals surface area contributed by atoms with Crippen molar-refractivity contribution < 1.29 is 0 Å². The Morgan fingerprint density at radius 1 is 1.32 bits per heavy atom. The van der Waals surface area contributed by atoms with E-state index in [1.165, 1.54) is 10.4 Å². The van der Waals surface area contributed by atoms with E-state index in [9.17, 15) is 0 Å². The minimum atomic E-state index is 0.388. The molecule has 0 spiro atoms. The van der Waals surface area contributed by atoms with Crippen LogP contribution < -0.4 is 5.73 Å². The van der Waals surface area contributed by atoms with E-state index in [2.05, 4.69) is 47.1 Å². The van der Waals surface area contributed by atoms with E-state index in [4.69, 9.17) is 5.73 Å². The van der Waals surface area contributed by atoms with Crippen molar-refractivity contribution in [1.29, 1.82) is 0 Å². The van der Waals surface area contributed by atoms with E-state index in [1.807, 2.05) is 11.7 Å². The highest BCUT2D eigenvalue weighted by Gasteiger charge is 2.16. The molecule has 0 radical (unpaired) electrons. The first-order valence-corrected chi connectivity index (χ1v) is 7.55. The average Bonchev–Trinajstić information content (AvgIpc) is 2.98. The molecule has 0 saturated carbocycles. The maximum atomic E-state index is 5.65. The summed E-state index contributed by atoms with van der Waals surface area (Å²) in [5.74, 6) is 0. The van der Waals surface area contributed by atoms with Gasteiger partial charge in [0, 0.05) is 30.2 Å². The molecular formula is C15H21N3S. The first-order valence-electron chi connectivity index (χ1n) is 6.67. The van der Waals surface area contributed by atoms with Crippen LogP contribution in [0.5, 0.6) is 0 Å². The summed E-state index contributed by atoms with van der Waals surface area (Å²) in [5, 5.41) is 0. The fourth-order valence-electron chi connectivity index (χ4n) is 2.13. The van der Waals surface area contributed by atoms with Crippen LogP contribution in [0.3, 0.4) is 0 Å². The molecule has 0 aliphatic carbocycles. The van der Waals surface area contributed by atoms with Gasteiger partial charge in [-0.25, -0.2) is 0 Å². The number of thiazole rings is 1. The lowest BCUT2D eigenvalue weighted by molar-refractivity contribution is 0.202. The number of hydrogen-bond acceptors (Lipinski definition) is 4. The largest absolute Gasteiger partial charge is 0.330 e. The van der Waals surface area contributed by atoms with Crippen molar-refractivity contribution >= 4 is 11.3 Å². The molecule has 0 amide bonds. The van der Waals surface area contributed by atoms with Gasteiger partial charge >= 0.3 is 0 Å². The molecule has 0 fully saturated rings. The summed E-state index contributed by atoms with van der Waals surface area (Å²) in [6.45, 7) is 4.96. The van der Waals surface area contributed by atoms with Crippen molar-refractivity contribution in [3.05, 3.63) is 52.5 Å². The lowest BCUT2D eigenvalue weighted by Gasteiger charge is -2.28. The quantitative estimate of drug-likeness (QED) is 0.844. The van der Waals surface area contributed by atoms with Crippen LogP contribution in [0.1, 0.15) is 29.8 Å². The molecular weight excluding hydrogens is 254 g/mol. The van der Waals surface area contributed by atoms with Gasteiger partial charge in [-0.1, -0.05) is 30.3 Å². The molecule has 1 heterocycles. The van der Waals surface area contributed by atoms with Gasteiger partial charge in [-0.2, -0.15) is 0 Å². The molecule has 2 aromatic rings. The number of benzene rings is 1. The van der Waals surface area contributed by atoms with Gasteiger partial charge in [-0.05, 0) is 25.5 Å². The lowest BCUT2D eigenvalue weighted by atomic mass is 10.1. The molecule has 1 unspecified atom stereocenters. The second-order valence-electron chi connectivity index (χ2n) is 4.68. The van der Waals surface area contributed by atoms with Gasteiger partial charge in [-0.3, -0.25) is 9.88 Å². The zero-order valence-corrected chi connectivity index (χ0v) is 12.1. The summed E-state index contributed by atoms with van der Waals surface area (Å²) in [7, 11) is 0. The molecule has 3 nitrogen and oxygen atoms in total. The van der Waals surface area contributed by atoms with Gasteiger partial charge in [-0.15, -0.1) is 11.3 Å². The molecule has 2 rings (SSSR count). The van der Waals surface area contributed by atoms with E-state index in [1.54, 1.807) is 11.3 Å². The highest BCUT2D eigenvalue weighted by molar-refractivity contribution is 7.09. The summed E-state index contributed by atoms with van der Waals surface area (Å²) >= 11 is 1.72. The Labute approximate surface area is 119 Å². The predicted molar refractivity (Wildman–Crippen MR) is 81.1 cm³/mol. The second-order valence-corrected chi connectivity index (χ2v) is 5.60. The molecule has 1 aromatic carbocycles. The van der Waals surface area contributed by atoms with Crippen molar-refractivity contribution in [2.24, 2.45) is 5.73 Å². The molecule has 1 atom stereocenters. The standard InChI is InChI=1S/C15H21N3S/c1-13(15-10-17-12-19-15)18(9-5-8-16)11-14-6-3-2-4-7-14/h2-4,6-7,10,12-13H,5,8-9,11,16H2,1H3. The Balaban J connectivity index is 2.07. The van der Waals surface area contributed by atoms with Gasteiger partial charge < -0.3 is 5.73 Å². The molecule has 102 valence electrons. The van der Waals surface area contributed by atoms with Crippen molar-refractivity contribution in [2.75, 3.05) is 13.1 Å². The van der Waals surface area contributed by atoms with Gasteiger partial charge in [0.15, 0.2) is 0 Å². The Kier molecular flexibility index (Phi) is 5.51. The fourth-order valence-corrected chi connectivity index (χ4v) is 2.84. The smallest absolute Gasteiger partial charge is 0.0794 e. The monoisotopic (exact) mass is 275 g/mol. The maximum Gasteiger partial charge on any atom is 0.0794 e. The van der Waals surface area contributed by atoms with Crippen molar-refractivity contribution in [3.63, 3.8) is 0 Å². The minimum absolute atomic E-state index is 0.388. The third-order valence-electron chi connectivity index (χ3n) is 3.29. The van der Waals surface area contributed by atoms with Gasteiger partial charge in [0.1, 0.15) is 0 Å². The van der Waals surface area contributed by atoms with Crippen molar-refractivity contribution in [1.82, 2.24) is 9.88 Å².